The van der Waals surface area contributed by atoms with Crippen molar-refractivity contribution in [2.75, 3.05) is 11.4 Å². The third kappa shape index (κ3) is 4.19. The number of anilines is 1. The molecule has 1 atom stereocenters. The highest BCUT2D eigenvalue weighted by atomic mass is 16.5. The summed E-state index contributed by atoms with van der Waals surface area (Å²) in [5, 5.41) is 1.04. The summed E-state index contributed by atoms with van der Waals surface area (Å²) in [7, 11) is 0. The molecule has 0 N–H and O–H groups in total. The topological polar surface area (TPSA) is 59.5 Å². The fourth-order valence-electron chi connectivity index (χ4n) is 3.57. The largest absolute Gasteiger partial charge is 0.449 e. The van der Waals surface area contributed by atoms with Gasteiger partial charge >= 0.3 is 5.97 Å². The highest BCUT2D eigenvalue weighted by Gasteiger charge is 2.27. The van der Waals surface area contributed by atoms with Crippen molar-refractivity contribution in [1.82, 2.24) is 4.98 Å². The van der Waals surface area contributed by atoms with Gasteiger partial charge in [-0.15, -0.1) is 0 Å². The molecule has 0 fully saturated rings. The Labute approximate surface area is 169 Å². The minimum atomic E-state index is -0.858. The van der Waals surface area contributed by atoms with E-state index in [1.165, 1.54) is 6.08 Å². The first-order valence-corrected chi connectivity index (χ1v) is 9.75. The van der Waals surface area contributed by atoms with Crippen molar-refractivity contribution in [2.45, 2.75) is 25.9 Å². The lowest BCUT2D eigenvalue weighted by Gasteiger charge is -2.31. The van der Waals surface area contributed by atoms with Gasteiger partial charge in [0.2, 0.25) is 0 Å². The second-order valence-corrected chi connectivity index (χ2v) is 7.06. The summed E-state index contributed by atoms with van der Waals surface area (Å²) in [6.45, 7) is 2.24. The van der Waals surface area contributed by atoms with E-state index in [0.717, 1.165) is 35.0 Å². The highest BCUT2D eigenvalue weighted by molar-refractivity contribution is 5.99. The highest BCUT2D eigenvalue weighted by Crippen LogP contribution is 2.27. The number of carbonyl (C=O) groups is 2. The molecule has 1 aromatic heterocycles. The molecule has 146 valence electrons. The number of fused-ring (bicyclic) bond motifs is 2. The molecule has 2 heterocycles. The van der Waals surface area contributed by atoms with Crippen molar-refractivity contribution in [2.24, 2.45) is 0 Å². The maximum Gasteiger partial charge on any atom is 0.331 e. The third-order valence-electron chi connectivity index (χ3n) is 5.03. The number of hydrogen-bond donors (Lipinski definition) is 0. The average Bonchev–Trinajstić information content (AvgIpc) is 2.76. The molecule has 0 saturated heterocycles. The summed E-state index contributed by atoms with van der Waals surface area (Å²) < 4.78 is 5.34. The number of hydrogen-bond acceptors (Lipinski definition) is 4. The predicted molar refractivity (Wildman–Crippen MR) is 113 cm³/mol. The fourth-order valence-corrected chi connectivity index (χ4v) is 3.57. The van der Waals surface area contributed by atoms with Crippen LogP contribution in [0.1, 0.15) is 24.6 Å². The van der Waals surface area contributed by atoms with E-state index in [1.807, 2.05) is 60.7 Å². The number of carbonyl (C=O) groups excluding carboxylic acids is 2. The van der Waals surface area contributed by atoms with Gasteiger partial charge in [-0.2, -0.15) is 0 Å². The van der Waals surface area contributed by atoms with E-state index in [0.29, 0.717) is 12.2 Å². The van der Waals surface area contributed by atoms with Crippen LogP contribution in [0.5, 0.6) is 0 Å². The molecule has 0 aliphatic carbocycles. The van der Waals surface area contributed by atoms with Crippen LogP contribution in [-0.2, 0) is 20.7 Å². The van der Waals surface area contributed by atoms with Gasteiger partial charge in [0.1, 0.15) is 0 Å². The van der Waals surface area contributed by atoms with Gasteiger partial charge < -0.3 is 9.64 Å². The number of benzene rings is 2. The van der Waals surface area contributed by atoms with Crippen molar-refractivity contribution in [3.63, 3.8) is 0 Å². The molecule has 2 aromatic carbocycles. The molecule has 0 spiro atoms. The number of aryl methyl sites for hydroxylation is 1. The van der Waals surface area contributed by atoms with Gasteiger partial charge in [0.05, 0.1) is 11.2 Å². The van der Waals surface area contributed by atoms with Crippen LogP contribution >= 0.6 is 0 Å². The van der Waals surface area contributed by atoms with Crippen molar-refractivity contribution in [3.8, 4) is 0 Å². The molecule has 1 unspecified atom stereocenters. The minimum absolute atomic E-state index is 0.206. The average molecular weight is 386 g/mol. The lowest BCUT2D eigenvalue weighted by molar-refractivity contribution is -0.149. The van der Waals surface area contributed by atoms with E-state index in [1.54, 1.807) is 17.9 Å². The fraction of sp³-hybridized carbons (Fsp3) is 0.208. The molecule has 1 aliphatic heterocycles. The summed E-state index contributed by atoms with van der Waals surface area (Å²) >= 11 is 0. The summed E-state index contributed by atoms with van der Waals surface area (Å²) in [6.07, 6.45) is 3.91. The lowest BCUT2D eigenvalue weighted by Crippen LogP contribution is -2.42. The van der Waals surface area contributed by atoms with E-state index >= 15 is 0 Å². The van der Waals surface area contributed by atoms with Gasteiger partial charge in [0.15, 0.2) is 6.10 Å². The van der Waals surface area contributed by atoms with Crippen LogP contribution in [0, 0.1) is 0 Å². The van der Waals surface area contributed by atoms with Crippen LogP contribution in [0.2, 0.25) is 0 Å². The van der Waals surface area contributed by atoms with E-state index in [2.05, 4.69) is 4.98 Å². The SMILES string of the molecule is CC(OC(=O)/C=C/c1ccc2ccccc2n1)C(=O)N1CCCc2ccccc21. The maximum absolute atomic E-state index is 12.8. The molecule has 1 amide bonds. The Hall–Kier alpha value is -3.47. The van der Waals surface area contributed by atoms with E-state index in [4.69, 9.17) is 4.74 Å². The van der Waals surface area contributed by atoms with Crippen LogP contribution in [0.15, 0.2) is 66.7 Å². The Morgan fingerprint density at radius 2 is 1.86 bits per heavy atom. The number of pyridine rings is 1. The number of para-hydroxylation sites is 2. The Morgan fingerprint density at radius 3 is 2.76 bits per heavy atom. The summed E-state index contributed by atoms with van der Waals surface area (Å²) in [4.78, 5) is 31.2. The zero-order valence-electron chi connectivity index (χ0n) is 16.2. The van der Waals surface area contributed by atoms with E-state index in [9.17, 15) is 9.59 Å². The molecule has 3 aromatic rings. The molecular formula is C24H22N2O3. The van der Waals surface area contributed by atoms with Gasteiger partial charge in [-0.3, -0.25) is 4.79 Å². The Kier molecular flexibility index (Phi) is 5.38. The van der Waals surface area contributed by atoms with Gasteiger partial charge in [-0.1, -0.05) is 42.5 Å². The molecule has 4 rings (SSSR count). The van der Waals surface area contributed by atoms with Gasteiger partial charge in [0.25, 0.3) is 5.91 Å². The Morgan fingerprint density at radius 1 is 1.07 bits per heavy atom. The maximum atomic E-state index is 12.8. The molecular weight excluding hydrogens is 364 g/mol. The normalized spacial score (nSPS) is 14.6. The van der Waals surface area contributed by atoms with E-state index in [-0.39, 0.29) is 5.91 Å². The molecule has 1 aliphatic rings. The lowest BCUT2D eigenvalue weighted by atomic mass is 10.0. The number of esters is 1. The van der Waals surface area contributed by atoms with Crippen molar-refractivity contribution in [3.05, 3.63) is 78.0 Å². The second-order valence-electron chi connectivity index (χ2n) is 7.06. The molecule has 0 saturated carbocycles. The smallest absolute Gasteiger partial charge is 0.331 e. The summed E-state index contributed by atoms with van der Waals surface area (Å²) in [5.41, 5.74) is 3.57. The van der Waals surface area contributed by atoms with Crippen LogP contribution in [-0.4, -0.2) is 29.5 Å². The molecule has 0 bridgehead atoms. The number of nitrogens with zero attached hydrogens (tertiary/aromatic N) is 2. The number of aromatic nitrogens is 1. The molecule has 5 nitrogen and oxygen atoms in total. The predicted octanol–water partition coefficient (Wildman–Crippen LogP) is 4.16. The Balaban J connectivity index is 1.41. The van der Waals surface area contributed by atoms with Crippen LogP contribution in [0.25, 0.3) is 17.0 Å². The van der Waals surface area contributed by atoms with Crippen LogP contribution < -0.4 is 4.90 Å². The first kappa shape index (κ1) is 18.9. The monoisotopic (exact) mass is 386 g/mol. The number of rotatable bonds is 4. The van der Waals surface area contributed by atoms with Crippen molar-refractivity contribution < 1.29 is 14.3 Å². The first-order valence-electron chi connectivity index (χ1n) is 9.75. The molecule has 0 radical (unpaired) electrons. The summed E-state index contributed by atoms with van der Waals surface area (Å²) in [6, 6.07) is 19.4. The van der Waals surface area contributed by atoms with E-state index < -0.39 is 12.1 Å². The van der Waals surface area contributed by atoms with Crippen LogP contribution in [0.4, 0.5) is 5.69 Å². The van der Waals surface area contributed by atoms with Gasteiger partial charge in [-0.25, -0.2) is 9.78 Å². The Bertz CT molecular complexity index is 1090. The van der Waals surface area contributed by atoms with Crippen molar-refractivity contribution in [1.29, 1.82) is 0 Å². The number of ether oxygens (including phenoxy) is 1. The summed E-state index contributed by atoms with van der Waals surface area (Å²) in [5.74, 6) is -0.770. The molecule has 5 heteroatoms. The van der Waals surface area contributed by atoms with Gasteiger partial charge in [-0.05, 0) is 49.6 Å². The van der Waals surface area contributed by atoms with Gasteiger partial charge in [0, 0.05) is 23.7 Å². The molecule has 29 heavy (non-hydrogen) atoms. The zero-order valence-corrected chi connectivity index (χ0v) is 16.2. The quantitative estimate of drug-likeness (QED) is 0.499. The van der Waals surface area contributed by atoms with Crippen LogP contribution in [0.3, 0.4) is 0 Å². The third-order valence-corrected chi connectivity index (χ3v) is 5.03. The van der Waals surface area contributed by atoms with Crippen molar-refractivity contribution >= 4 is 34.5 Å². The first-order chi connectivity index (χ1) is 14.1. The second kappa shape index (κ2) is 8.27. The minimum Gasteiger partial charge on any atom is -0.449 e. The number of amides is 1. The standard InChI is InChI=1S/C24H22N2O3/c1-17(24(28)26-16-6-9-19-8-3-5-11-22(19)26)29-23(27)15-14-20-13-12-18-7-2-4-10-21(18)25-20/h2-5,7-8,10-15,17H,6,9,16H2,1H3/b15-14+. The zero-order chi connectivity index (χ0) is 20.2.